The molecule has 2 aromatic rings. The van der Waals surface area contributed by atoms with Gasteiger partial charge >= 0.3 is 0 Å². The van der Waals surface area contributed by atoms with E-state index in [4.69, 9.17) is 21.1 Å². The normalized spacial score (nSPS) is 12.8. The molecule has 3 nitrogen and oxygen atoms in total. The fourth-order valence-corrected chi connectivity index (χ4v) is 2.25. The summed E-state index contributed by atoms with van der Waals surface area (Å²) in [6, 6.07) is 5.54. The van der Waals surface area contributed by atoms with Crippen LogP contribution in [0.1, 0.15) is 11.1 Å². The fraction of sp³-hybridized carbons (Fsp3) is 0.214. The summed E-state index contributed by atoms with van der Waals surface area (Å²) in [4.78, 5) is 4.34. The molecule has 0 saturated carbocycles. The molecule has 92 valence electrons. The summed E-state index contributed by atoms with van der Waals surface area (Å²) in [6.45, 7) is 4.29. The number of hydrogen-bond donors (Lipinski definition) is 0. The molecule has 1 aromatic heterocycles. The smallest absolute Gasteiger partial charge is 0.230 e. The van der Waals surface area contributed by atoms with E-state index in [0.717, 1.165) is 33.9 Å². The molecule has 2 aliphatic heterocycles. The number of pyridine rings is 1. The van der Waals surface area contributed by atoms with Crippen LogP contribution in [0.3, 0.4) is 0 Å². The van der Waals surface area contributed by atoms with Gasteiger partial charge in [0.15, 0.2) is 0 Å². The van der Waals surface area contributed by atoms with Crippen molar-refractivity contribution in [1.82, 2.24) is 4.98 Å². The number of halogens is 1. The Morgan fingerprint density at radius 2 is 2.00 bits per heavy atom. The molecule has 3 heterocycles. The third-order valence-corrected chi connectivity index (χ3v) is 3.44. The number of ether oxygens (including phenoxy) is 2. The van der Waals surface area contributed by atoms with Crippen molar-refractivity contribution in [3.63, 3.8) is 0 Å². The predicted molar refractivity (Wildman–Crippen MR) is 70.3 cm³/mol. The zero-order valence-corrected chi connectivity index (χ0v) is 10.9. The molecule has 2 bridgehead atoms. The van der Waals surface area contributed by atoms with Gasteiger partial charge in [0.2, 0.25) is 6.79 Å². The van der Waals surface area contributed by atoms with Crippen molar-refractivity contribution in [2.45, 2.75) is 13.8 Å². The van der Waals surface area contributed by atoms with E-state index in [1.54, 1.807) is 12.3 Å². The summed E-state index contributed by atoms with van der Waals surface area (Å²) in [5, 5.41) is 0.658. The third kappa shape index (κ3) is 1.71. The van der Waals surface area contributed by atoms with Gasteiger partial charge in [0.05, 0.1) is 5.69 Å². The maximum atomic E-state index is 6.00. The first-order valence-electron chi connectivity index (χ1n) is 5.68. The molecular formula is C14H12ClNO2. The van der Waals surface area contributed by atoms with E-state index >= 15 is 0 Å². The van der Waals surface area contributed by atoms with Crippen molar-refractivity contribution >= 4 is 11.6 Å². The van der Waals surface area contributed by atoms with Crippen molar-refractivity contribution in [3.8, 4) is 22.8 Å². The number of nitrogens with zero attached hydrogens (tertiary/aromatic N) is 1. The van der Waals surface area contributed by atoms with Crippen LogP contribution in [0.25, 0.3) is 11.3 Å². The van der Waals surface area contributed by atoms with Crippen molar-refractivity contribution in [1.29, 1.82) is 0 Å². The molecule has 0 atom stereocenters. The Kier molecular flexibility index (Phi) is 2.63. The highest BCUT2D eigenvalue weighted by molar-refractivity contribution is 6.30. The summed E-state index contributed by atoms with van der Waals surface area (Å²) in [7, 11) is 0. The number of aromatic nitrogens is 1. The maximum Gasteiger partial charge on any atom is 0.230 e. The Morgan fingerprint density at radius 3 is 2.78 bits per heavy atom. The summed E-state index contributed by atoms with van der Waals surface area (Å²) in [5.41, 5.74) is 3.91. The van der Waals surface area contributed by atoms with Gasteiger partial charge in [-0.3, -0.25) is 4.98 Å². The second kappa shape index (κ2) is 4.18. The van der Waals surface area contributed by atoms with Crippen LogP contribution >= 0.6 is 11.6 Å². The van der Waals surface area contributed by atoms with Crippen LogP contribution in [0.4, 0.5) is 0 Å². The molecule has 0 N–H and O–H groups in total. The monoisotopic (exact) mass is 261 g/mol. The highest BCUT2D eigenvalue weighted by Crippen LogP contribution is 2.41. The summed E-state index contributed by atoms with van der Waals surface area (Å²) in [6.07, 6.45) is 1.69. The van der Waals surface area contributed by atoms with Crippen molar-refractivity contribution in [2.24, 2.45) is 0 Å². The molecule has 2 aliphatic rings. The fourth-order valence-electron chi connectivity index (χ4n) is 2.09. The highest BCUT2D eigenvalue weighted by Gasteiger charge is 2.20. The van der Waals surface area contributed by atoms with Gasteiger partial charge in [0, 0.05) is 16.8 Å². The lowest BCUT2D eigenvalue weighted by molar-refractivity contribution is 0.127. The van der Waals surface area contributed by atoms with Crippen molar-refractivity contribution < 1.29 is 9.47 Å². The third-order valence-electron chi connectivity index (χ3n) is 3.21. The van der Waals surface area contributed by atoms with Gasteiger partial charge < -0.3 is 9.47 Å². The van der Waals surface area contributed by atoms with Crippen LogP contribution in [-0.4, -0.2) is 11.8 Å². The first-order valence-corrected chi connectivity index (χ1v) is 6.06. The summed E-state index contributed by atoms with van der Waals surface area (Å²) >= 11 is 6.00. The minimum Gasteiger partial charge on any atom is -0.457 e. The van der Waals surface area contributed by atoms with Gasteiger partial charge in [-0.25, -0.2) is 0 Å². The standard InChI is InChI=1S/C14H12ClNO2/c1-8-9(2)14-11(6-13(8)17-7-18-14)12-5-10(15)3-4-16-12/h3-6H,7H2,1-2H3. The molecule has 18 heavy (non-hydrogen) atoms. The first kappa shape index (κ1) is 11.4. The Labute approximate surface area is 110 Å². The zero-order valence-electron chi connectivity index (χ0n) is 10.2. The van der Waals surface area contributed by atoms with Crippen LogP contribution in [0, 0.1) is 13.8 Å². The SMILES string of the molecule is Cc1c2cc(-c3cc(Cl)ccn3)c(c1C)OCO2. The minimum atomic E-state index is 0.236. The largest absolute Gasteiger partial charge is 0.457 e. The van der Waals surface area contributed by atoms with Crippen LogP contribution in [0.2, 0.25) is 5.02 Å². The quantitative estimate of drug-likeness (QED) is 0.783. The van der Waals surface area contributed by atoms with Gasteiger partial charge in [-0.15, -0.1) is 0 Å². The average Bonchev–Trinajstić information content (AvgIpc) is 2.65. The Balaban J connectivity index is 2.26. The summed E-state index contributed by atoms with van der Waals surface area (Å²) < 4.78 is 11.2. The highest BCUT2D eigenvalue weighted by atomic mass is 35.5. The number of hydrogen-bond acceptors (Lipinski definition) is 3. The van der Waals surface area contributed by atoms with Gasteiger partial charge in [-0.1, -0.05) is 11.6 Å². The molecule has 4 heteroatoms. The lowest BCUT2D eigenvalue weighted by Crippen LogP contribution is -2.02. The lowest BCUT2D eigenvalue weighted by Gasteiger charge is -2.11. The molecule has 0 amide bonds. The second-order valence-corrected chi connectivity index (χ2v) is 4.70. The minimum absolute atomic E-state index is 0.236. The van der Waals surface area contributed by atoms with Crippen LogP contribution in [-0.2, 0) is 0 Å². The van der Waals surface area contributed by atoms with E-state index in [0.29, 0.717) is 5.02 Å². The van der Waals surface area contributed by atoms with Gasteiger partial charge in [0.1, 0.15) is 11.5 Å². The molecule has 4 rings (SSSR count). The van der Waals surface area contributed by atoms with Crippen LogP contribution in [0.5, 0.6) is 11.5 Å². The first-order chi connectivity index (χ1) is 8.66. The Hall–Kier alpha value is -1.74. The maximum absolute atomic E-state index is 6.00. The average molecular weight is 262 g/mol. The Bertz CT molecular complexity index is 625. The van der Waals surface area contributed by atoms with Crippen LogP contribution in [0.15, 0.2) is 24.4 Å². The van der Waals surface area contributed by atoms with Gasteiger partial charge in [-0.05, 0) is 43.2 Å². The Morgan fingerprint density at radius 1 is 1.17 bits per heavy atom. The van der Waals surface area contributed by atoms with Gasteiger partial charge in [-0.2, -0.15) is 0 Å². The number of rotatable bonds is 1. The van der Waals surface area contributed by atoms with E-state index in [-0.39, 0.29) is 6.79 Å². The van der Waals surface area contributed by atoms with E-state index in [9.17, 15) is 0 Å². The van der Waals surface area contributed by atoms with Crippen molar-refractivity contribution in [2.75, 3.05) is 6.79 Å². The molecule has 0 radical (unpaired) electrons. The molecule has 1 aromatic carbocycles. The van der Waals surface area contributed by atoms with Gasteiger partial charge in [0.25, 0.3) is 0 Å². The van der Waals surface area contributed by atoms with E-state index in [1.807, 2.05) is 26.0 Å². The molecule has 0 unspecified atom stereocenters. The second-order valence-electron chi connectivity index (χ2n) is 4.27. The van der Waals surface area contributed by atoms with Crippen molar-refractivity contribution in [3.05, 3.63) is 40.5 Å². The molecule has 0 spiro atoms. The molecular weight excluding hydrogens is 250 g/mol. The topological polar surface area (TPSA) is 31.4 Å². The summed E-state index contributed by atoms with van der Waals surface area (Å²) in [5.74, 6) is 1.66. The number of fused-ring (bicyclic) bond motifs is 4. The van der Waals surface area contributed by atoms with E-state index < -0.39 is 0 Å². The lowest BCUT2D eigenvalue weighted by atomic mass is 10.0. The molecule has 0 fully saturated rings. The zero-order chi connectivity index (χ0) is 12.7. The molecule has 0 aliphatic carbocycles. The number of benzene rings is 1. The van der Waals surface area contributed by atoms with E-state index in [2.05, 4.69) is 4.98 Å². The molecule has 0 saturated heterocycles. The van der Waals surface area contributed by atoms with E-state index in [1.165, 1.54) is 0 Å². The predicted octanol–water partition coefficient (Wildman–Crippen LogP) is 3.75. The van der Waals surface area contributed by atoms with Crippen LogP contribution < -0.4 is 9.47 Å².